The van der Waals surface area contributed by atoms with Gasteiger partial charge in [-0.25, -0.2) is 59.8 Å². The fourth-order valence-corrected chi connectivity index (χ4v) is 15.6. The summed E-state index contributed by atoms with van der Waals surface area (Å²) in [6.45, 7) is -11.0. The Kier molecular flexibility index (Phi) is 22.2. The van der Waals surface area contributed by atoms with E-state index in [9.17, 15) is 30.6 Å². The van der Waals surface area contributed by atoms with Gasteiger partial charge in [0.05, 0.1) is 155 Å². The zero-order valence-electron chi connectivity index (χ0n) is 105. The highest BCUT2D eigenvalue weighted by atomic mass is 16.5. The molecule has 0 atom stereocenters. The van der Waals surface area contributed by atoms with E-state index in [1.165, 1.54) is 36.8 Å². The Bertz CT molecular complexity index is 8420. The summed E-state index contributed by atoms with van der Waals surface area (Å²) in [5, 5.41) is 67.3. The van der Waals surface area contributed by atoms with Gasteiger partial charge in [0.1, 0.15) is 108 Å². The zero-order chi connectivity index (χ0) is 123. The first-order valence-corrected chi connectivity index (χ1v) is 43.7. The summed E-state index contributed by atoms with van der Waals surface area (Å²) >= 11 is 0. The Labute approximate surface area is 838 Å². The Morgan fingerprint density at radius 1 is 0.268 bits per heavy atom. The van der Waals surface area contributed by atoms with Gasteiger partial charge in [0.2, 0.25) is 0 Å². The summed E-state index contributed by atoms with van der Waals surface area (Å²) in [5.74, 6) is 1.60. The van der Waals surface area contributed by atoms with Crippen molar-refractivity contribution < 1.29 is 96.1 Å². The van der Waals surface area contributed by atoms with Gasteiger partial charge in [-0.2, -0.15) is 0 Å². The third-order valence-corrected chi connectivity index (χ3v) is 20.8. The lowest BCUT2D eigenvalue weighted by molar-refractivity contribution is 0.0576. The molecule has 18 aromatic rings. The van der Waals surface area contributed by atoms with Crippen molar-refractivity contribution in [2.24, 2.45) is 0 Å². The summed E-state index contributed by atoms with van der Waals surface area (Å²) in [7, 11) is 0. The standard InChI is InChI=1S/6C17H22N4O2/c6*1-4-23-9-13-20-14-15(21(13)10-17(2,3)22)11-7-5-6-8-12(11)19-16(14)18/h6*5-8,22H,4,9-10H2,1-3H3,(H2,18,19)/i2D3,3D3,10D2;1D3,4D2,9D2;2D3,3D3;9D2;2*4D2. The third kappa shape index (κ3) is 24.2. The van der Waals surface area contributed by atoms with Crippen LogP contribution in [0, 0.1) is 0 Å². The van der Waals surface area contributed by atoms with Crippen LogP contribution in [0.3, 0.4) is 0 Å². The van der Waals surface area contributed by atoms with Crippen molar-refractivity contribution in [3.8, 4) is 0 Å². The molecule has 0 radical (unpaired) electrons. The average molecular weight is 1910 g/mol. The van der Waals surface area contributed by atoms with Gasteiger partial charge in [-0.05, 0) is 161 Å². The maximum absolute atomic E-state index is 11.0. The van der Waals surface area contributed by atoms with Crippen molar-refractivity contribution in [2.75, 3.05) is 73.9 Å². The lowest BCUT2D eigenvalue weighted by Crippen LogP contribution is -2.27. The van der Waals surface area contributed by atoms with Gasteiger partial charge in [0.25, 0.3) is 0 Å². The smallest absolute Gasteiger partial charge is 0.152 e. The van der Waals surface area contributed by atoms with Crippen LogP contribution in [0.1, 0.15) is 196 Å². The van der Waals surface area contributed by atoms with E-state index < -0.39 is 120 Å². The SMILES string of the molecule is [2H]C([2H])(C)OCc1nc2c(N)nc3ccccc3c2n1CC(C)(C)O.[2H]C([2H])(C)OCc1nc2c(N)nc3ccccc3c2n1CC(C)(C)O.[2H]C([2H])(OC([2H])([2H])C([2H])([2H])[2H])c1nc2c(N)nc3ccccc3c2n1CC(C)(C)O.[2H]C([2H])(OCC)c1nc2c(N)nc3ccccc3c2n1CC(C)(C)O.[2H]C([2H])([2H])C(O)(C([2H])([2H])[2H])C([2H])([2H])n1c(COCC)nc2c(N)nc3ccccc3c21.[2H]C([2H])([2H])C(O)(Cn1c(COCC)nc2c(N)nc3ccccc3c21)C([2H])([2H])[2H]. The number of benzene rings is 6. The Morgan fingerprint density at radius 2 is 0.486 bits per heavy atom. The fourth-order valence-electron chi connectivity index (χ4n) is 15.6. The lowest BCUT2D eigenvalue weighted by Gasteiger charge is -2.20. The Balaban J connectivity index is 0.000000163. The number of rotatable bonds is 30. The minimum absolute atomic E-state index is 0.00841. The van der Waals surface area contributed by atoms with Crippen LogP contribution in [-0.4, -0.2) is 191 Å². The highest BCUT2D eigenvalue weighted by molar-refractivity contribution is 6.11. The number of nitrogen functional groups attached to an aromatic ring is 6. The average Bonchev–Trinajstić information content (AvgIpc) is 1.58. The van der Waals surface area contributed by atoms with Crippen molar-refractivity contribution in [3.05, 3.63) is 181 Å². The molecule has 12 aromatic heterocycles. The molecule has 36 heteroatoms. The van der Waals surface area contributed by atoms with Gasteiger partial charge in [-0.3, -0.25) is 0 Å². The zero-order valence-corrected chi connectivity index (χ0v) is 78.5. The van der Waals surface area contributed by atoms with Gasteiger partial charge in [0, 0.05) is 92.4 Å². The molecule has 0 aliphatic heterocycles. The van der Waals surface area contributed by atoms with E-state index in [1.54, 1.807) is 140 Å². The molecule has 0 spiro atoms. The normalized spacial score (nSPS) is 16.3. The number of nitrogens with zero attached hydrogens (tertiary/aromatic N) is 18. The second-order valence-corrected chi connectivity index (χ2v) is 34.6. The van der Waals surface area contributed by atoms with E-state index in [1.807, 2.05) is 81.9 Å². The fraction of sp³-hybridized carbons (Fsp3) is 0.412. The second kappa shape index (κ2) is 42.9. The molecule has 0 fully saturated rings. The summed E-state index contributed by atoms with van der Waals surface area (Å²) in [6, 6.07) is 43.1. The van der Waals surface area contributed by atoms with E-state index >= 15 is 0 Å². The summed E-state index contributed by atoms with van der Waals surface area (Å²) < 4.78 is 250. The predicted octanol–water partition coefficient (Wildman–Crippen LogP) is 14.8. The Hall–Kier alpha value is -13.1. The summed E-state index contributed by atoms with van der Waals surface area (Å²) in [4.78, 5) is 52.3. The molecular formula is C102H132N24O12. The molecule has 0 aliphatic rings. The molecule has 732 valence electrons. The van der Waals surface area contributed by atoms with Gasteiger partial charge >= 0.3 is 0 Å². The third-order valence-electron chi connectivity index (χ3n) is 20.8. The number of aromatic nitrogens is 18. The molecule has 6 aromatic carbocycles. The van der Waals surface area contributed by atoms with Crippen LogP contribution in [0.4, 0.5) is 34.9 Å². The highest BCUT2D eigenvalue weighted by Crippen LogP contribution is 2.38. The van der Waals surface area contributed by atoms with E-state index in [-0.39, 0.29) is 129 Å². The van der Waals surface area contributed by atoms with Crippen LogP contribution in [0.25, 0.3) is 132 Å². The van der Waals surface area contributed by atoms with Gasteiger partial charge in [-0.15, -0.1) is 0 Å². The molecule has 36 nitrogen and oxygen atoms in total. The van der Waals surface area contributed by atoms with Gasteiger partial charge in [-0.1, -0.05) is 109 Å². The first-order valence-electron chi connectivity index (χ1n) is 57.2. The monoisotopic (exact) mass is 1910 g/mol. The van der Waals surface area contributed by atoms with Crippen molar-refractivity contribution in [1.82, 2.24) is 87.2 Å². The maximum Gasteiger partial charge on any atom is 0.152 e. The minimum atomic E-state index is -3.78. The van der Waals surface area contributed by atoms with Crippen LogP contribution < -0.4 is 34.4 Å². The number of para-hydroxylation sites is 6. The van der Waals surface area contributed by atoms with Crippen molar-refractivity contribution >= 4 is 167 Å². The van der Waals surface area contributed by atoms with Crippen LogP contribution in [0.2, 0.25) is 0 Å². The van der Waals surface area contributed by atoms with Crippen LogP contribution >= 0.6 is 0 Å². The number of hydrogen-bond acceptors (Lipinski definition) is 30. The number of imidazole rings is 6. The van der Waals surface area contributed by atoms with Crippen molar-refractivity contribution in [2.45, 2.75) is 237 Å². The largest absolute Gasteiger partial charge is 0.389 e. The minimum Gasteiger partial charge on any atom is -0.389 e. The number of ether oxygens (including phenoxy) is 6. The quantitative estimate of drug-likeness (QED) is 0.0199. The second-order valence-electron chi connectivity index (χ2n) is 34.6. The van der Waals surface area contributed by atoms with Crippen LogP contribution in [0.5, 0.6) is 0 Å². The van der Waals surface area contributed by atoms with E-state index in [0.717, 1.165) is 42.8 Å². The van der Waals surface area contributed by atoms with Crippen molar-refractivity contribution in [1.29, 1.82) is 0 Å². The molecule has 0 bridgehead atoms. The summed E-state index contributed by atoms with van der Waals surface area (Å²) in [5.41, 5.74) is 33.6. The molecule has 18 rings (SSSR count). The van der Waals surface area contributed by atoms with Gasteiger partial charge in [0.15, 0.2) is 34.9 Å². The summed E-state index contributed by atoms with van der Waals surface area (Å²) in [6.07, 6.45) is 0. The molecule has 0 aliphatic carbocycles. The maximum atomic E-state index is 11.0. The molecule has 18 N–H and O–H groups in total. The topological polar surface area (TPSA) is 517 Å². The molecule has 138 heavy (non-hydrogen) atoms. The first-order chi connectivity index (χ1) is 75.9. The molecular weight excluding hydrogens is 1750 g/mol. The van der Waals surface area contributed by atoms with E-state index in [0.29, 0.717) is 101 Å². The van der Waals surface area contributed by atoms with E-state index in [4.69, 9.17) is 99.8 Å². The first kappa shape index (κ1) is 71.4. The predicted molar refractivity (Wildman–Crippen MR) is 546 cm³/mol. The molecule has 0 unspecified atom stereocenters. The lowest BCUT2D eigenvalue weighted by atomic mass is 10.1. The van der Waals surface area contributed by atoms with E-state index in [2.05, 4.69) is 59.8 Å². The molecule has 0 saturated heterocycles. The highest BCUT2D eigenvalue weighted by Gasteiger charge is 2.31. The number of aliphatic hydroxyl groups is 6. The molecule has 0 amide bonds. The number of anilines is 6. The number of nitrogens with two attached hydrogens (primary N) is 6. The molecule has 0 saturated carbocycles. The molecule has 12 heterocycles. The van der Waals surface area contributed by atoms with Gasteiger partial charge < -0.3 is 121 Å². The number of fused-ring (bicyclic) bond motifs is 18. The van der Waals surface area contributed by atoms with Crippen LogP contribution in [-0.2, 0) is 107 Å². The number of pyridine rings is 6. The van der Waals surface area contributed by atoms with Crippen molar-refractivity contribution in [3.63, 3.8) is 0 Å². The van der Waals surface area contributed by atoms with Crippen LogP contribution in [0.15, 0.2) is 146 Å². The number of hydrogen-bond donors (Lipinski definition) is 12. The Morgan fingerprint density at radius 3 is 0.725 bits per heavy atom.